The molecule has 0 fully saturated rings. The molecule has 0 saturated heterocycles. The van der Waals surface area contributed by atoms with Crippen molar-refractivity contribution in [2.75, 3.05) is 16.8 Å². The maximum atomic E-state index is 12.5. The molecule has 1 aliphatic heterocycles. The fourth-order valence-corrected chi connectivity index (χ4v) is 2.45. The van der Waals surface area contributed by atoms with Crippen LogP contribution in [0.1, 0.15) is 27.2 Å². The summed E-state index contributed by atoms with van der Waals surface area (Å²) in [6.07, 6.45) is 1.51. The summed E-state index contributed by atoms with van der Waals surface area (Å²) < 4.78 is 4.99. The maximum absolute atomic E-state index is 12.5. The largest absolute Gasteiger partial charge is 0.452 e. The van der Waals surface area contributed by atoms with Crippen LogP contribution in [0.5, 0.6) is 0 Å². The van der Waals surface area contributed by atoms with Crippen LogP contribution in [-0.4, -0.2) is 30.4 Å². The Hall–Kier alpha value is -2.63. The van der Waals surface area contributed by atoms with E-state index in [0.29, 0.717) is 11.4 Å². The number of esters is 1. The number of allylic oxidation sites excluding steroid dienone is 1. The van der Waals surface area contributed by atoms with Crippen molar-refractivity contribution in [3.8, 4) is 0 Å². The van der Waals surface area contributed by atoms with Crippen LogP contribution >= 0.6 is 0 Å². The number of nitrogens with one attached hydrogen (secondary N) is 1. The lowest BCUT2D eigenvalue weighted by molar-refractivity contribution is -0.143. The summed E-state index contributed by atoms with van der Waals surface area (Å²) in [6, 6.07) is 6.74. The van der Waals surface area contributed by atoms with Gasteiger partial charge in [0.2, 0.25) is 5.91 Å². The highest BCUT2D eigenvalue weighted by atomic mass is 16.5. The van der Waals surface area contributed by atoms with Gasteiger partial charge in [-0.25, -0.2) is 4.79 Å². The second-order valence-corrected chi connectivity index (χ2v) is 5.71. The number of fused-ring (bicyclic) bond motifs is 1. The predicted molar refractivity (Wildman–Crippen MR) is 87.0 cm³/mol. The van der Waals surface area contributed by atoms with Crippen LogP contribution in [-0.2, 0) is 19.1 Å². The van der Waals surface area contributed by atoms with Crippen molar-refractivity contribution in [3.05, 3.63) is 35.9 Å². The molecular formula is C17H20N2O4. The van der Waals surface area contributed by atoms with E-state index < -0.39 is 5.97 Å². The summed E-state index contributed by atoms with van der Waals surface area (Å²) in [5.41, 5.74) is 1.98. The predicted octanol–water partition coefficient (Wildman–Crippen LogP) is 2.26. The van der Waals surface area contributed by atoms with Gasteiger partial charge in [0.25, 0.3) is 5.91 Å². The SMILES string of the molecule is CC(C)=CC(=O)OCC(=O)N1c2ccccc2NC(=O)C[C@@H]1C. The molecule has 122 valence electrons. The van der Waals surface area contributed by atoms with E-state index >= 15 is 0 Å². The van der Waals surface area contributed by atoms with Gasteiger partial charge in [-0.3, -0.25) is 9.59 Å². The number of carbonyl (C=O) groups excluding carboxylic acids is 3. The Bertz CT molecular complexity index is 662. The first-order valence-corrected chi connectivity index (χ1v) is 7.41. The number of hydrogen-bond donors (Lipinski definition) is 1. The summed E-state index contributed by atoms with van der Waals surface area (Å²) in [7, 11) is 0. The van der Waals surface area contributed by atoms with Gasteiger partial charge in [-0.1, -0.05) is 17.7 Å². The van der Waals surface area contributed by atoms with Gasteiger partial charge in [0, 0.05) is 18.5 Å². The lowest BCUT2D eigenvalue weighted by Crippen LogP contribution is -2.41. The first kappa shape index (κ1) is 16.7. The number of hydrogen-bond acceptors (Lipinski definition) is 4. The molecule has 0 spiro atoms. The number of ether oxygens (including phenoxy) is 1. The third-order valence-electron chi connectivity index (χ3n) is 3.37. The lowest BCUT2D eigenvalue weighted by Gasteiger charge is -2.27. The van der Waals surface area contributed by atoms with E-state index in [0.717, 1.165) is 5.57 Å². The van der Waals surface area contributed by atoms with E-state index in [1.54, 1.807) is 45.0 Å². The Labute approximate surface area is 135 Å². The van der Waals surface area contributed by atoms with Crippen molar-refractivity contribution in [2.45, 2.75) is 33.2 Å². The monoisotopic (exact) mass is 316 g/mol. The Morgan fingerprint density at radius 1 is 1.35 bits per heavy atom. The van der Waals surface area contributed by atoms with E-state index in [-0.39, 0.29) is 30.9 Å². The van der Waals surface area contributed by atoms with Gasteiger partial charge in [-0.15, -0.1) is 0 Å². The highest BCUT2D eigenvalue weighted by Gasteiger charge is 2.29. The summed E-state index contributed by atoms with van der Waals surface area (Å²) in [5, 5.41) is 2.78. The minimum atomic E-state index is -0.552. The number of nitrogens with zero attached hydrogens (tertiary/aromatic N) is 1. The zero-order valence-electron chi connectivity index (χ0n) is 13.5. The molecule has 0 aromatic heterocycles. The molecule has 6 nitrogen and oxygen atoms in total. The summed E-state index contributed by atoms with van der Waals surface area (Å²) in [4.78, 5) is 37.4. The van der Waals surface area contributed by atoms with Crippen molar-refractivity contribution in [1.29, 1.82) is 0 Å². The second kappa shape index (κ2) is 7.09. The van der Waals surface area contributed by atoms with E-state index in [1.165, 1.54) is 11.0 Å². The van der Waals surface area contributed by atoms with Crippen LogP contribution in [0, 0.1) is 0 Å². The smallest absolute Gasteiger partial charge is 0.331 e. The first-order chi connectivity index (χ1) is 10.9. The molecule has 0 unspecified atom stereocenters. The van der Waals surface area contributed by atoms with Crippen LogP contribution in [0.25, 0.3) is 0 Å². The van der Waals surface area contributed by atoms with Crippen LogP contribution in [0.2, 0.25) is 0 Å². The molecule has 1 aromatic rings. The van der Waals surface area contributed by atoms with Gasteiger partial charge in [-0.05, 0) is 32.9 Å². The van der Waals surface area contributed by atoms with E-state index in [1.807, 2.05) is 0 Å². The van der Waals surface area contributed by atoms with Gasteiger partial charge in [0.05, 0.1) is 11.4 Å². The zero-order valence-corrected chi connectivity index (χ0v) is 13.5. The molecule has 23 heavy (non-hydrogen) atoms. The van der Waals surface area contributed by atoms with Crippen LogP contribution in [0.3, 0.4) is 0 Å². The number of benzene rings is 1. The van der Waals surface area contributed by atoms with E-state index in [9.17, 15) is 14.4 Å². The summed E-state index contributed by atoms with van der Waals surface area (Å²) >= 11 is 0. The zero-order chi connectivity index (χ0) is 17.0. The van der Waals surface area contributed by atoms with Crippen molar-refractivity contribution in [2.24, 2.45) is 0 Å². The number of amides is 2. The van der Waals surface area contributed by atoms with Crippen LogP contribution in [0.15, 0.2) is 35.9 Å². The Morgan fingerprint density at radius 3 is 2.74 bits per heavy atom. The Kier molecular flexibility index (Phi) is 5.16. The highest BCUT2D eigenvalue weighted by molar-refractivity contribution is 6.05. The molecule has 6 heteroatoms. The quantitative estimate of drug-likeness (QED) is 0.685. The molecule has 1 aromatic carbocycles. The van der Waals surface area contributed by atoms with Gasteiger partial charge < -0.3 is 15.0 Å². The molecule has 1 heterocycles. The van der Waals surface area contributed by atoms with Crippen molar-refractivity contribution >= 4 is 29.2 Å². The fraction of sp³-hybridized carbons (Fsp3) is 0.353. The van der Waals surface area contributed by atoms with E-state index in [4.69, 9.17) is 4.74 Å². The highest BCUT2D eigenvalue weighted by Crippen LogP contribution is 2.31. The molecule has 1 atom stereocenters. The van der Waals surface area contributed by atoms with Gasteiger partial charge >= 0.3 is 5.97 Å². The van der Waals surface area contributed by atoms with Gasteiger partial charge in [-0.2, -0.15) is 0 Å². The average molecular weight is 316 g/mol. The number of anilines is 2. The molecule has 1 N–H and O–H groups in total. The first-order valence-electron chi connectivity index (χ1n) is 7.41. The summed E-state index contributed by atoms with van der Waals surface area (Å²) in [5.74, 6) is -1.07. The van der Waals surface area contributed by atoms with E-state index in [2.05, 4.69) is 5.32 Å². The van der Waals surface area contributed by atoms with Gasteiger partial charge in [0.15, 0.2) is 6.61 Å². The molecule has 0 radical (unpaired) electrons. The van der Waals surface area contributed by atoms with Gasteiger partial charge in [0.1, 0.15) is 0 Å². The second-order valence-electron chi connectivity index (χ2n) is 5.71. The third kappa shape index (κ3) is 4.18. The molecule has 1 aliphatic rings. The maximum Gasteiger partial charge on any atom is 0.331 e. The Balaban J connectivity index is 2.19. The lowest BCUT2D eigenvalue weighted by atomic mass is 10.1. The molecule has 2 rings (SSSR count). The molecule has 0 bridgehead atoms. The average Bonchev–Trinajstić information content (AvgIpc) is 2.58. The number of rotatable bonds is 3. The van der Waals surface area contributed by atoms with Crippen LogP contribution < -0.4 is 10.2 Å². The molecule has 2 amide bonds. The minimum Gasteiger partial charge on any atom is -0.452 e. The fourth-order valence-electron chi connectivity index (χ4n) is 2.45. The van der Waals surface area contributed by atoms with Crippen molar-refractivity contribution in [1.82, 2.24) is 0 Å². The number of para-hydroxylation sites is 2. The van der Waals surface area contributed by atoms with Crippen LogP contribution in [0.4, 0.5) is 11.4 Å². The number of carbonyl (C=O) groups is 3. The normalized spacial score (nSPS) is 16.7. The minimum absolute atomic E-state index is 0.151. The molecule has 0 aliphatic carbocycles. The molecule has 0 saturated carbocycles. The topological polar surface area (TPSA) is 75.7 Å². The third-order valence-corrected chi connectivity index (χ3v) is 3.37. The molecular weight excluding hydrogens is 296 g/mol. The summed E-state index contributed by atoms with van der Waals surface area (Å²) in [6.45, 7) is 4.97. The van der Waals surface area contributed by atoms with Crippen molar-refractivity contribution in [3.63, 3.8) is 0 Å². The van der Waals surface area contributed by atoms with Crippen molar-refractivity contribution < 1.29 is 19.1 Å². The Morgan fingerprint density at radius 2 is 2.04 bits per heavy atom. The standard InChI is InChI=1S/C17H20N2O4/c1-11(2)8-17(22)23-10-16(21)19-12(3)9-15(20)18-13-6-4-5-7-14(13)19/h4-8,12H,9-10H2,1-3H3,(H,18,20)/t12-/m0/s1.